The van der Waals surface area contributed by atoms with Crippen molar-refractivity contribution >= 4 is 21.1 Å². The van der Waals surface area contributed by atoms with E-state index in [1.807, 2.05) is 36.4 Å². The van der Waals surface area contributed by atoms with Crippen molar-refractivity contribution in [2.24, 2.45) is 0 Å². The van der Waals surface area contributed by atoms with Crippen LogP contribution in [0, 0.1) is 0 Å². The number of hydrogen-bond donors (Lipinski definition) is 0. The molecule has 2 aromatic carbocycles. The molecule has 0 unspecified atom stereocenters. The third-order valence-electron chi connectivity index (χ3n) is 4.12. The molecule has 0 atom stereocenters. The monoisotopic (exact) mass is 430 g/mol. The molecule has 6 nitrogen and oxygen atoms in total. The minimum Gasteiger partial charge on any atom is -0.412 e. The van der Waals surface area contributed by atoms with Crippen molar-refractivity contribution in [3.63, 3.8) is 0 Å². The van der Waals surface area contributed by atoms with E-state index in [1.165, 1.54) is 4.68 Å². The summed E-state index contributed by atoms with van der Waals surface area (Å²) in [6.45, 7) is 7.72. The van der Waals surface area contributed by atoms with Crippen LogP contribution >= 0.6 is 7.60 Å². The first kappa shape index (κ1) is 21.4. The van der Waals surface area contributed by atoms with E-state index in [9.17, 15) is 4.57 Å². The Balaban J connectivity index is 1.83. The third-order valence-corrected chi connectivity index (χ3v) is 7.67. The van der Waals surface area contributed by atoms with Crippen molar-refractivity contribution in [3.05, 3.63) is 72.9 Å². The second kappa shape index (κ2) is 9.44. The summed E-state index contributed by atoms with van der Waals surface area (Å²) >= 11 is 0. The molecule has 3 rings (SSSR count). The number of para-hydroxylation sites is 2. The van der Waals surface area contributed by atoms with Crippen molar-refractivity contribution in [2.45, 2.75) is 32.4 Å². The molecular weight excluding hydrogens is 403 g/mol. The SMILES string of the molecule is C[Si](C)(C)CCOCn1nccc1P(=O)(Oc1ccccc1)Oc1ccccc1. The molecule has 1 heterocycles. The Hall–Kier alpha value is -2.34. The molecule has 0 bridgehead atoms. The molecule has 1 aromatic heterocycles. The van der Waals surface area contributed by atoms with Gasteiger partial charge in [0.1, 0.15) is 18.2 Å². The van der Waals surface area contributed by atoms with Crippen molar-refractivity contribution in [1.82, 2.24) is 9.78 Å². The number of benzene rings is 2. The molecule has 154 valence electrons. The predicted molar refractivity (Wildman–Crippen MR) is 118 cm³/mol. The van der Waals surface area contributed by atoms with Gasteiger partial charge in [0.25, 0.3) is 0 Å². The maximum atomic E-state index is 13.9. The lowest BCUT2D eigenvalue weighted by Gasteiger charge is -2.21. The van der Waals surface area contributed by atoms with E-state index in [2.05, 4.69) is 24.7 Å². The smallest absolute Gasteiger partial charge is 0.412 e. The van der Waals surface area contributed by atoms with Crippen LogP contribution in [-0.2, 0) is 16.0 Å². The van der Waals surface area contributed by atoms with Crippen LogP contribution in [0.3, 0.4) is 0 Å². The zero-order chi connectivity index (χ0) is 20.7. The third kappa shape index (κ3) is 6.32. The van der Waals surface area contributed by atoms with Crippen molar-refractivity contribution < 1.29 is 18.3 Å². The minimum absolute atomic E-state index is 0.188. The number of rotatable bonds is 10. The molecule has 0 radical (unpaired) electrons. The summed E-state index contributed by atoms with van der Waals surface area (Å²) in [6, 6.07) is 20.7. The van der Waals surface area contributed by atoms with Gasteiger partial charge in [0.05, 0.1) is 6.20 Å². The molecule has 0 aliphatic carbocycles. The molecule has 8 heteroatoms. The first-order chi connectivity index (χ1) is 13.9. The molecule has 0 N–H and O–H groups in total. The van der Waals surface area contributed by atoms with Crippen molar-refractivity contribution in [1.29, 1.82) is 0 Å². The Morgan fingerprint density at radius 2 is 1.45 bits per heavy atom. The van der Waals surface area contributed by atoms with Gasteiger partial charge in [0.15, 0.2) is 5.44 Å². The summed E-state index contributed by atoms with van der Waals surface area (Å²) in [4.78, 5) is 0. The zero-order valence-electron chi connectivity index (χ0n) is 17.0. The van der Waals surface area contributed by atoms with Crippen LogP contribution in [0.5, 0.6) is 11.5 Å². The Kier molecular flexibility index (Phi) is 6.95. The lowest BCUT2D eigenvalue weighted by atomic mass is 10.3. The first-order valence-electron chi connectivity index (χ1n) is 9.55. The molecule has 0 aliphatic rings. The Bertz CT molecular complexity index is 897. The average Bonchev–Trinajstić information content (AvgIpc) is 3.15. The number of aromatic nitrogens is 2. The van der Waals surface area contributed by atoms with Gasteiger partial charge in [-0.05, 0) is 36.4 Å². The zero-order valence-corrected chi connectivity index (χ0v) is 18.9. The Morgan fingerprint density at radius 1 is 0.897 bits per heavy atom. The topological polar surface area (TPSA) is 62.6 Å². The van der Waals surface area contributed by atoms with Gasteiger partial charge in [0.2, 0.25) is 0 Å². The van der Waals surface area contributed by atoms with Gasteiger partial charge in [-0.25, -0.2) is 9.25 Å². The summed E-state index contributed by atoms with van der Waals surface area (Å²) < 4.78 is 33.0. The summed E-state index contributed by atoms with van der Waals surface area (Å²) in [5.41, 5.74) is 0.346. The van der Waals surface area contributed by atoms with Gasteiger partial charge in [-0.1, -0.05) is 56.0 Å². The molecule has 0 spiro atoms. The summed E-state index contributed by atoms with van der Waals surface area (Å²) in [5, 5.41) is 4.27. The Labute approximate surface area is 173 Å². The largest absolute Gasteiger partial charge is 0.480 e. The fourth-order valence-electron chi connectivity index (χ4n) is 2.54. The van der Waals surface area contributed by atoms with E-state index in [0.29, 0.717) is 23.5 Å². The molecule has 0 fully saturated rings. The van der Waals surface area contributed by atoms with Gasteiger partial charge in [-0.2, -0.15) is 5.10 Å². The lowest BCUT2D eigenvalue weighted by Crippen LogP contribution is -2.26. The van der Waals surface area contributed by atoms with Crippen LogP contribution in [0.4, 0.5) is 0 Å². The fourth-order valence-corrected chi connectivity index (χ4v) is 4.96. The standard InChI is InChI=1S/C21H27N2O4PSi/c1-29(2,3)17-16-25-18-23-21(14-15-22-23)28(24,26-19-10-6-4-7-11-19)27-20-12-8-5-9-13-20/h4-15H,16-18H2,1-3H3. The van der Waals surface area contributed by atoms with Crippen LogP contribution in [0.25, 0.3) is 0 Å². The minimum atomic E-state index is -3.76. The van der Waals surface area contributed by atoms with Crippen molar-refractivity contribution in [3.8, 4) is 11.5 Å². The highest BCUT2D eigenvalue weighted by molar-refractivity contribution is 7.62. The van der Waals surface area contributed by atoms with Gasteiger partial charge in [-0.3, -0.25) is 0 Å². The fraction of sp³-hybridized carbons (Fsp3) is 0.286. The molecule has 29 heavy (non-hydrogen) atoms. The van der Waals surface area contributed by atoms with Gasteiger partial charge >= 0.3 is 7.60 Å². The molecular formula is C21H27N2O4PSi. The van der Waals surface area contributed by atoms with Crippen LogP contribution < -0.4 is 14.5 Å². The van der Waals surface area contributed by atoms with Gasteiger partial charge < -0.3 is 13.8 Å². The van der Waals surface area contributed by atoms with E-state index in [-0.39, 0.29) is 6.73 Å². The first-order valence-corrected chi connectivity index (χ1v) is 14.8. The molecule has 3 aromatic rings. The van der Waals surface area contributed by atoms with E-state index >= 15 is 0 Å². The quantitative estimate of drug-likeness (QED) is 0.252. The average molecular weight is 431 g/mol. The Morgan fingerprint density at radius 3 is 1.97 bits per heavy atom. The molecule has 0 saturated heterocycles. The van der Waals surface area contributed by atoms with Gasteiger partial charge in [0, 0.05) is 14.7 Å². The second-order valence-corrected chi connectivity index (χ2v) is 15.3. The predicted octanol–water partition coefficient (Wildman–Crippen LogP) is 5.17. The summed E-state index contributed by atoms with van der Waals surface area (Å²) in [5.74, 6) is 0.915. The van der Waals surface area contributed by atoms with Crippen LogP contribution in [0.1, 0.15) is 0 Å². The highest BCUT2D eigenvalue weighted by Gasteiger charge is 2.35. The van der Waals surface area contributed by atoms with E-state index in [1.54, 1.807) is 36.5 Å². The van der Waals surface area contributed by atoms with E-state index in [4.69, 9.17) is 13.8 Å². The van der Waals surface area contributed by atoms with Gasteiger partial charge in [-0.15, -0.1) is 0 Å². The number of ether oxygens (including phenoxy) is 1. The van der Waals surface area contributed by atoms with Crippen LogP contribution in [0.15, 0.2) is 72.9 Å². The maximum absolute atomic E-state index is 13.9. The molecule has 0 amide bonds. The number of nitrogens with zero attached hydrogens (tertiary/aromatic N) is 2. The lowest BCUT2D eigenvalue weighted by molar-refractivity contribution is 0.0804. The maximum Gasteiger partial charge on any atom is 0.480 e. The number of hydrogen-bond acceptors (Lipinski definition) is 5. The van der Waals surface area contributed by atoms with Crippen LogP contribution in [-0.4, -0.2) is 24.5 Å². The van der Waals surface area contributed by atoms with Crippen LogP contribution in [0.2, 0.25) is 25.7 Å². The normalized spacial score (nSPS) is 12.0. The molecule has 0 saturated carbocycles. The van der Waals surface area contributed by atoms with E-state index in [0.717, 1.165) is 6.04 Å². The summed E-state index contributed by atoms with van der Waals surface area (Å²) in [6.07, 6.45) is 1.58. The van der Waals surface area contributed by atoms with E-state index < -0.39 is 15.7 Å². The highest BCUT2D eigenvalue weighted by atomic mass is 31.2. The summed E-state index contributed by atoms with van der Waals surface area (Å²) in [7, 11) is -4.95. The second-order valence-electron chi connectivity index (χ2n) is 7.84. The molecule has 0 aliphatic heterocycles. The highest BCUT2D eigenvalue weighted by Crippen LogP contribution is 2.47. The van der Waals surface area contributed by atoms with Crippen molar-refractivity contribution in [2.75, 3.05) is 6.61 Å².